The van der Waals surface area contributed by atoms with E-state index < -0.39 is 5.41 Å². The quantitative estimate of drug-likeness (QED) is 0.138. The molecule has 0 heterocycles. The van der Waals surface area contributed by atoms with Crippen molar-refractivity contribution in [3.8, 4) is 0 Å². The Morgan fingerprint density at radius 3 is 0.714 bits per heavy atom. The summed E-state index contributed by atoms with van der Waals surface area (Å²) in [6.45, 7) is 3.04. The molecule has 9 nitrogen and oxygen atoms in total. The van der Waals surface area contributed by atoms with Crippen molar-refractivity contribution in [1.82, 2.24) is 14.7 Å². The average Bonchev–Trinajstić information content (AvgIpc) is 3.23. The standard InChI is InChI=1S/C47H81N3O6/c1-47(35-54-32-44(51)48(38-20-8-2-9-21-38)39-22-10-3-11-23-39,36-55-33-45(52)49(40-24-12-4-13-25-40)41-26-14-5-15-27-41)37-56-34-46(53)50(42-28-16-6-17-29-42)43-30-18-7-19-31-43/h38-43H,2-37H2,1H3. The summed E-state index contributed by atoms with van der Waals surface area (Å²) in [5, 5.41) is 0. The molecule has 0 aromatic rings. The van der Waals surface area contributed by atoms with Crippen LogP contribution in [0.5, 0.6) is 0 Å². The number of carbonyl (C=O) groups is 3. The zero-order valence-electron chi connectivity index (χ0n) is 35.7. The Kier molecular flexibility index (Phi) is 18.2. The number of hydrogen-bond donors (Lipinski definition) is 0. The molecule has 6 fully saturated rings. The van der Waals surface area contributed by atoms with Crippen LogP contribution >= 0.6 is 0 Å². The van der Waals surface area contributed by atoms with Gasteiger partial charge in [-0.05, 0) is 77.0 Å². The smallest absolute Gasteiger partial charge is 0.249 e. The molecule has 0 atom stereocenters. The van der Waals surface area contributed by atoms with Gasteiger partial charge in [0.05, 0.1) is 19.8 Å². The number of amides is 3. The maximum absolute atomic E-state index is 14.0. The number of hydrogen-bond acceptors (Lipinski definition) is 6. The van der Waals surface area contributed by atoms with Gasteiger partial charge in [0.15, 0.2) is 0 Å². The Hall–Kier alpha value is -1.71. The first-order valence-electron chi connectivity index (χ1n) is 24.1. The van der Waals surface area contributed by atoms with E-state index in [1.807, 2.05) is 0 Å². The molecule has 0 unspecified atom stereocenters. The van der Waals surface area contributed by atoms with Crippen LogP contribution in [0.15, 0.2) is 0 Å². The van der Waals surface area contributed by atoms with E-state index in [0.29, 0.717) is 36.3 Å². The third kappa shape index (κ3) is 12.9. The molecule has 320 valence electrons. The lowest BCUT2D eigenvalue weighted by Gasteiger charge is -2.42. The first-order chi connectivity index (χ1) is 27.4. The van der Waals surface area contributed by atoms with Crippen molar-refractivity contribution in [2.24, 2.45) is 5.41 Å². The monoisotopic (exact) mass is 784 g/mol. The molecule has 0 saturated heterocycles. The SMILES string of the molecule is CC(COCC(=O)N(C1CCCCC1)C1CCCCC1)(COCC(=O)N(C1CCCCC1)C1CCCCC1)COCC(=O)N(C1CCCCC1)C1CCCCC1. The number of rotatable bonds is 18. The van der Waals surface area contributed by atoms with Gasteiger partial charge in [-0.3, -0.25) is 14.4 Å². The second-order valence-electron chi connectivity index (χ2n) is 19.4. The number of ether oxygens (including phenoxy) is 3. The highest BCUT2D eigenvalue weighted by Gasteiger charge is 2.37. The Morgan fingerprint density at radius 2 is 0.536 bits per heavy atom. The fourth-order valence-electron chi connectivity index (χ4n) is 11.8. The van der Waals surface area contributed by atoms with Crippen LogP contribution in [0.3, 0.4) is 0 Å². The predicted octanol–water partition coefficient (Wildman–Crippen LogP) is 9.52. The van der Waals surface area contributed by atoms with Crippen LogP contribution in [-0.2, 0) is 28.6 Å². The van der Waals surface area contributed by atoms with Crippen molar-refractivity contribution in [2.45, 2.75) is 236 Å². The Bertz CT molecular complexity index is 968. The van der Waals surface area contributed by atoms with E-state index >= 15 is 0 Å². The summed E-state index contributed by atoms with van der Waals surface area (Å²) in [4.78, 5) is 48.8. The van der Waals surface area contributed by atoms with Gasteiger partial charge in [-0.25, -0.2) is 0 Å². The highest BCUT2D eigenvalue weighted by molar-refractivity contribution is 5.79. The Balaban J connectivity index is 1.09. The summed E-state index contributed by atoms with van der Waals surface area (Å²) in [5.74, 6) is 0.346. The second-order valence-corrected chi connectivity index (χ2v) is 19.4. The lowest BCUT2D eigenvalue weighted by molar-refractivity contribution is -0.150. The molecule has 0 radical (unpaired) electrons. The van der Waals surface area contributed by atoms with Gasteiger partial charge >= 0.3 is 0 Å². The summed E-state index contributed by atoms with van der Waals surface area (Å²) < 4.78 is 19.1. The molecular weight excluding hydrogens is 703 g/mol. The van der Waals surface area contributed by atoms with E-state index in [9.17, 15) is 14.4 Å². The molecule has 0 aliphatic heterocycles. The van der Waals surface area contributed by atoms with E-state index in [2.05, 4.69) is 21.6 Å². The Morgan fingerprint density at radius 1 is 0.357 bits per heavy atom. The van der Waals surface area contributed by atoms with Crippen molar-refractivity contribution in [1.29, 1.82) is 0 Å². The summed E-state index contributed by atoms with van der Waals surface area (Å²) in [7, 11) is 0. The van der Waals surface area contributed by atoms with Crippen molar-refractivity contribution in [3.63, 3.8) is 0 Å². The van der Waals surface area contributed by atoms with E-state index in [-0.39, 0.29) is 57.4 Å². The van der Waals surface area contributed by atoms with E-state index in [0.717, 1.165) is 77.0 Å². The van der Waals surface area contributed by atoms with Crippen LogP contribution in [0.1, 0.15) is 200 Å². The van der Waals surface area contributed by atoms with E-state index in [1.54, 1.807) is 0 Å². The maximum Gasteiger partial charge on any atom is 0.249 e. The molecule has 0 spiro atoms. The van der Waals surface area contributed by atoms with Crippen molar-refractivity contribution in [3.05, 3.63) is 0 Å². The summed E-state index contributed by atoms with van der Waals surface area (Å²) in [6.07, 6.45) is 35.2. The van der Waals surface area contributed by atoms with E-state index in [4.69, 9.17) is 14.2 Å². The van der Waals surface area contributed by atoms with Crippen LogP contribution in [0.2, 0.25) is 0 Å². The minimum atomic E-state index is -0.623. The fourth-order valence-corrected chi connectivity index (χ4v) is 11.8. The lowest BCUT2D eigenvalue weighted by atomic mass is 9.88. The van der Waals surface area contributed by atoms with Crippen LogP contribution < -0.4 is 0 Å². The molecule has 0 bridgehead atoms. The number of carbonyl (C=O) groups excluding carboxylic acids is 3. The topological polar surface area (TPSA) is 88.6 Å². The molecule has 9 heteroatoms. The summed E-state index contributed by atoms with van der Waals surface area (Å²) >= 11 is 0. The molecule has 0 aromatic carbocycles. The molecule has 0 N–H and O–H groups in total. The molecule has 56 heavy (non-hydrogen) atoms. The predicted molar refractivity (Wildman–Crippen MR) is 222 cm³/mol. The van der Waals surface area contributed by atoms with Gasteiger partial charge in [0, 0.05) is 41.7 Å². The molecular formula is C47H81N3O6. The Labute approximate surface area is 341 Å². The summed E-state index contributed by atoms with van der Waals surface area (Å²) in [5.41, 5.74) is -0.623. The largest absolute Gasteiger partial charge is 0.371 e. The number of nitrogens with zero attached hydrogens (tertiary/aromatic N) is 3. The van der Waals surface area contributed by atoms with Gasteiger partial charge in [0.25, 0.3) is 0 Å². The van der Waals surface area contributed by atoms with Crippen molar-refractivity contribution in [2.75, 3.05) is 39.6 Å². The van der Waals surface area contributed by atoms with Gasteiger partial charge in [-0.15, -0.1) is 0 Å². The lowest BCUT2D eigenvalue weighted by Crippen LogP contribution is -2.51. The second kappa shape index (κ2) is 23.2. The maximum atomic E-state index is 14.0. The van der Waals surface area contributed by atoms with Crippen LogP contribution in [0.4, 0.5) is 0 Å². The van der Waals surface area contributed by atoms with Gasteiger partial charge in [-0.2, -0.15) is 0 Å². The molecule has 6 rings (SSSR count). The molecule has 6 saturated carbocycles. The third-order valence-electron chi connectivity index (χ3n) is 14.7. The van der Waals surface area contributed by atoms with Gasteiger partial charge in [0.2, 0.25) is 17.7 Å². The van der Waals surface area contributed by atoms with Crippen LogP contribution in [0, 0.1) is 5.41 Å². The van der Waals surface area contributed by atoms with Crippen LogP contribution in [-0.4, -0.2) is 108 Å². The average molecular weight is 784 g/mol. The van der Waals surface area contributed by atoms with Gasteiger partial charge < -0.3 is 28.9 Å². The fraction of sp³-hybridized carbons (Fsp3) is 0.936. The van der Waals surface area contributed by atoms with Gasteiger partial charge in [-0.1, -0.05) is 122 Å². The summed E-state index contributed by atoms with van der Waals surface area (Å²) in [6, 6.07) is 1.95. The molecule has 0 aromatic heterocycles. The highest BCUT2D eigenvalue weighted by Crippen LogP contribution is 2.34. The third-order valence-corrected chi connectivity index (χ3v) is 14.7. The van der Waals surface area contributed by atoms with E-state index in [1.165, 1.54) is 116 Å². The first-order valence-corrected chi connectivity index (χ1v) is 24.1. The van der Waals surface area contributed by atoms with Gasteiger partial charge in [0.1, 0.15) is 19.8 Å². The van der Waals surface area contributed by atoms with Crippen LogP contribution in [0.25, 0.3) is 0 Å². The first kappa shape index (κ1) is 43.9. The molecule has 3 amide bonds. The normalized spacial score (nSPS) is 23.5. The highest BCUT2D eigenvalue weighted by atomic mass is 16.5. The molecule has 6 aliphatic carbocycles. The zero-order valence-corrected chi connectivity index (χ0v) is 35.7. The minimum Gasteiger partial charge on any atom is -0.371 e. The molecule has 6 aliphatic rings. The van der Waals surface area contributed by atoms with Crippen molar-refractivity contribution >= 4 is 17.7 Å². The minimum absolute atomic E-state index is 0.0503. The van der Waals surface area contributed by atoms with Crippen molar-refractivity contribution < 1.29 is 28.6 Å². The zero-order chi connectivity index (χ0) is 39.0.